The zero-order chi connectivity index (χ0) is 13.1. The van der Waals surface area contributed by atoms with Crippen LogP contribution < -0.4 is 11.1 Å². The highest BCUT2D eigenvalue weighted by Gasteiger charge is 2.09. The Morgan fingerprint density at radius 2 is 2.12 bits per heavy atom. The molecule has 0 aliphatic heterocycles. The van der Waals surface area contributed by atoms with E-state index in [0.29, 0.717) is 11.5 Å². The van der Waals surface area contributed by atoms with Crippen LogP contribution in [0.25, 0.3) is 0 Å². The monoisotopic (exact) mass is 239 g/mol. The lowest BCUT2D eigenvalue weighted by molar-refractivity contribution is 0.432. The molecule has 0 aliphatic carbocycles. The predicted molar refractivity (Wildman–Crippen MR) is 66.3 cm³/mol. The van der Waals surface area contributed by atoms with Gasteiger partial charge >= 0.3 is 0 Å². The van der Waals surface area contributed by atoms with Crippen LogP contribution in [0.2, 0.25) is 0 Å². The molecule has 1 rings (SSSR count). The van der Waals surface area contributed by atoms with Gasteiger partial charge in [0, 0.05) is 5.54 Å². The summed E-state index contributed by atoms with van der Waals surface area (Å²) in [5.41, 5.74) is 6.16. The second-order valence-electron chi connectivity index (χ2n) is 4.86. The van der Waals surface area contributed by atoms with Crippen LogP contribution in [0.4, 0.5) is 4.39 Å². The zero-order valence-electron chi connectivity index (χ0n) is 10.3. The number of aliphatic imine (C=N–C) groups is 1. The summed E-state index contributed by atoms with van der Waals surface area (Å²) in [5, 5.41) is 12.0. The fourth-order valence-corrected chi connectivity index (χ4v) is 1.25. The second-order valence-corrected chi connectivity index (χ2v) is 4.86. The van der Waals surface area contributed by atoms with Gasteiger partial charge in [-0.25, -0.2) is 9.38 Å². The van der Waals surface area contributed by atoms with Crippen LogP contribution in [0.5, 0.6) is 5.75 Å². The van der Waals surface area contributed by atoms with Crippen molar-refractivity contribution in [2.24, 2.45) is 10.7 Å². The van der Waals surface area contributed by atoms with Crippen molar-refractivity contribution in [3.05, 3.63) is 29.6 Å². The fraction of sp³-hybridized carbons (Fsp3) is 0.417. The Labute approximate surface area is 100 Å². The number of phenolic OH excluding ortho intramolecular Hbond substituents is 1. The standard InChI is InChI=1S/C12H18FN3O/c1-12(2,3)16-11(14)15-7-8-4-5-10(17)9(13)6-8/h4-6,17H,7H2,1-3H3,(H3,14,15,16). The van der Waals surface area contributed by atoms with Gasteiger partial charge in [0.2, 0.25) is 0 Å². The lowest BCUT2D eigenvalue weighted by Gasteiger charge is -2.20. The molecule has 94 valence electrons. The van der Waals surface area contributed by atoms with Gasteiger partial charge in [0.05, 0.1) is 6.54 Å². The minimum Gasteiger partial charge on any atom is -0.505 e. The third-order valence-corrected chi connectivity index (χ3v) is 1.95. The number of halogens is 1. The molecule has 0 bridgehead atoms. The Hall–Kier alpha value is -1.78. The van der Waals surface area contributed by atoms with E-state index in [9.17, 15) is 4.39 Å². The first-order chi connectivity index (χ1) is 7.78. The smallest absolute Gasteiger partial charge is 0.189 e. The minimum atomic E-state index is -0.653. The van der Waals surface area contributed by atoms with E-state index >= 15 is 0 Å². The quantitative estimate of drug-likeness (QED) is 0.543. The first-order valence-electron chi connectivity index (χ1n) is 5.33. The maximum Gasteiger partial charge on any atom is 0.189 e. The van der Waals surface area contributed by atoms with Crippen LogP contribution in [0.3, 0.4) is 0 Å². The van der Waals surface area contributed by atoms with Crippen LogP contribution in [0.15, 0.2) is 23.2 Å². The Morgan fingerprint density at radius 3 is 2.65 bits per heavy atom. The summed E-state index contributed by atoms with van der Waals surface area (Å²) in [4.78, 5) is 4.09. The molecule has 0 amide bonds. The third kappa shape index (κ3) is 4.72. The lowest BCUT2D eigenvalue weighted by atomic mass is 10.1. The van der Waals surface area contributed by atoms with Crippen LogP contribution in [-0.2, 0) is 6.54 Å². The van der Waals surface area contributed by atoms with Gasteiger partial charge in [-0.1, -0.05) is 6.07 Å². The van der Waals surface area contributed by atoms with Gasteiger partial charge in [-0.05, 0) is 38.5 Å². The summed E-state index contributed by atoms with van der Waals surface area (Å²) in [6.07, 6.45) is 0. The van der Waals surface area contributed by atoms with Gasteiger partial charge in [-0.2, -0.15) is 0 Å². The van der Waals surface area contributed by atoms with E-state index < -0.39 is 5.82 Å². The number of guanidine groups is 1. The van der Waals surface area contributed by atoms with E-state index in [1.54, 1.807) is 6.07 Å². The highest BCUT2D eigenvalue weighted by molar-refractivity contribution is 5.78. The highest BCUT2D eigenvalue weighted by Crippen LogP contribution is 2.16. The van der Waals surface area contributed by atoms with Crippen molar-refractivity contribution < 1.29 is 9.50 Å². The van der Waals surface area contributed by atoms with Crippen LogP contribution in [-0.4, -0.2) is 16.6 Å². The molecule has 4 N–H and O–H groups in total. The van der Waals surface area contributed by atoms with E-state index in [-0.39, 0.29) is 17.8 Å². The molecule has 4 nitrogen and oxygen atoms in total. The maximum atomic E-state index is 13.0. The molecule has 0 saturated heterocycles. The van der Waals surface area contributed by atoms with Gasteiger partial charge in [0.15, 0.2) is 17.5 Å². The summed E-state index contributed by atoms with van der Waals surface area (Å²) in [7, 11) is 0. The van der Waals surface area contributed by atoms with Gasteiger partial charge in [0.1, 0.15) is 0 Å². The van der Waals surface area contributed by atoms with Crippen molar-refractivity contribution in [3.63, 3.8) is 0 Å². The van der Waals surface area contributed by atoms with Gasteiger partial charge in [-0.15, -0.1) is 0 Å². The van der Waals surface area contributed by atoms with Crippen molar-refractivity contribution >= 4 is 5.96 Å². The minimum absolute atomic E-state index is 0.159. The van der Waals surface area contributed by atoms with Gasteiger partial charge < -0.3 is 16.2 Å². The molecule has 0 radical (unpaired) electrons. The van der Waals surface area contributed by atoms with E-state index in [4.69, 9.17) is 10.8 Å². The number of hydrogen-bond donors (Lipinski definition) is 3. The Balaban J connectivity index is 2.66. The normalized spacial score (nSPS) is 12.6. The number of phenols is 1. The molecule has 0 heterocycles. The van der Waals surface area contributed by atoms with E-state index in [2.05, 4.69) is 10.3 Å². The molecule has 0 fully saturated rings. The fourth-order valence-electron chi connectivity index (χ4n) is 1.25. The first kappa shape index (κ1) is 13.3. The molecule has 5 heteroatoms. The number of aromatic hydroxyl groups is 1. The Kier molecular flexibility index (Phi) is 3.93. The largest absolute Gasteiger partial charge is 0.505 e. The summed E-state index contributed by atoms with van der Waals surface area (Å²) in [6.45, 7) is 6.17. The zero-order valence-corrected chi connectivity index (χ0v) is 10.3. The number of hydrogen-bond acceptors (Lipinski definition) is 2. The number of nitrogens with zero attached hydrogens (tertiary/aromatic N) is 1. The van der Waals surface area contributed by atoms with E-state index in [0.717, 1.165) is 0 Å². The van der Waals surface area contributed by atoms with Crippen molar-refractivity contribution in [2.45, 2.75) is 32.9 Å². The van der Waals surface area contributed by atoms with Gasteiger partial charge in [-0.3, -0.25) is 0 Å². The Morgan fingerprint density at radius 1 is 1.47 bits per heavy atom. The van der Waals surface area contributed by atoms with Crippen LogP contribution in [0, 0.1) is 5.82 Å². The molecule has 17 heavy (non-hydrogen) atoms. The highest BCUT2D eigenvalue weighted by atomic mass is 19.1. The molecule has 0 aromatic heterocycles. The average Bonchev–Trinajstić information content (AvgIpc) is 2.17. The first-order valence-corrected chi connectivity index (χ1v) is 5.33. The molecule has 1 aromatic carbocycles. The number of nitrogens with two attached hydrogens (primary N) is 1. The predicted octanol–water partition coefficient (Wildman–Crippen LogP) is 1.73. The van der Waals surface area contributed by atoms with Gasteiger partial charge in [0.25, 0.3) is 0 Å². The van der Waals surface area contributed by atoms with E-state index in [1.165, 1.54) is 12.1 Å². The summed E-state index contributed by atoms with van der Waals surface area (Å²) in [6, 6.07) is 4.14. The summed E-state index contributed by atoms with van der Waals surface area (Å²) < 4.78 is 13.0. The van der Waals surface area contributed by atoms with Crippen molar-refractivity contribution in [3.8, 4) is 5.75 Å². The number of benzene rings is 1. The lowest BCUT2D eigenvalue weighted by Crippen LogP contribution is -2.44. The number of nitrogens with one attached hydrogen (secondary N) is 1. The van der Waals surface area contributed by atoms with Crippen LogP contribution in [0.1, 0.15) is 26.3 Å². The molecule has 0 spiro atoms. The van der Waals surface area contributed by atoms with Crippen molar-refractivity contribution in [1.29, 1.82) is 0 Å². The SMILES string of the molecule is CC(C)(C)NC(N)=NCc1ccc(O)c(F)c1. The molecule has 0 saturated carbocycles. The second kappa shape index (κ2) is 5.03. The molecule has 0 aliphatic rings. The summed E-state index contributed by atoms with van der Waals surface area (Å²) >= 11 is 0. The van der Waals surface area contributed by atoms with E-state index in [1.807, 2.05) is 20.8 Å². The number of rotatable bonds is 2. The summed E-state index contributed by atoms with van der Waals surface area (Å²) in [5.74, 6) is -0.704. The third-order valence-electron chi connectivity index (χ3n) is 1.95. The van der Waals surface area contributed by atoms with Crippen molar-refractivity contribution in [1.82, 2.24) is 5.32 Å². The molecule has 0 atom stereocenters. The molecule has 0 unspecified atom stereocenters. The van der Waals surface area contributed by atoms with Crippen molar-refractivity contribution in [2.75, 3.05) is 0 Å². The average molecular weight is 239 g/mol. The molecule has 1 aromatic rings. The molecular weight excluding hydrogens is 221 g/mol. The molecular formula is C12H18FN3O. The topological polar surface area (TPSA) is 70.6 Å². The Bertz CT molecular complexity index is 424. The van der Waals surface area contributed by atoms with Crippen LogP contribution >= 0.6 is 0 Å². The maximum absolute atomic E-state index is 13.0.